The van der Waals surface area contributed by atoms with Gasteiger partial charge in [0, 0.05) is 31.9 Å². The van der Waals surface area contributed by atoms with E-state index in [0.29, 0.717) is 43.9 Å². The van der Waals surface area contributed by atoms with Gasteiger partial charge in [0.2, 0.25) is 11.8 Å². The Balaban J connectivity index is 1.28. The van der Waals surface area contributed by atoms with Gasteiger partial charge in [-0.2, -0.15) is 0 Å². The molecule has 4 aliphatic rings. The number of aromatic nitrogens is 3. The maximum Gasteiger partial charge on any atom is 0.250 e. The lowest BCUT2D eigenvalue weighted by Crippen LogP contribution is -2.56. The van der Waals surface area contributed by atoms with Crippen LogP contribution in [-0.2, 0) is 25.8 Å². The summed E-state index contributed by atoms with van der Waals surface area (Å²) in [6.45, 7) is 5.35. The zero-order valence-corrected chi connectivity index (χ0v) is 26.7. The first-order valence-corrected chi connectivity index (χ1v) is 16.5. The normalized spacial score (nSPS) is 28.4. The molecule has 5 atom stereocenters. The lowest BCUT2D eigenvalue weighted by atomic mass is 9.73. The van der Waals surface area contributed by atoms with E-state index in [-0.39, 0.29) is 44.1 Å². The van der Waals surface area contributed by atoms with Gasteiger partial charge in [0.05, 0.1) is 29.6 Å². The Bertz CT molecular complexity index is 1740. The van der Waals surface area contributed by atoms with Gasteiger partial charge in [0.25, 0.3) is 5.91 Å². The zero-order valence-electron chi connectivity index (χ0n) is 26.7. The molecular weight excluding hydrogens is 600 g/mol. The summed E-state index contributed by atoms with van der Waals surface area (Å²) in [4.78, 5) is 49.0. The van der Waals surface area contributed by atoms with Gasteiger partial charge in [-0.3, -0.25) is 14.4 Å². The first-order valence-electron chi connectivity index (χ1n) is 16.5. The lowest BCUT2D eigenvalue weighted by molar-refractivity contribution is -0.153. The third kappa shape index (κ3) is 4.92. The summed E-state index contributed by atoms with van der Waals surface area (Å²) >= 11 is 0. The molecule has 1 aromatic heterocycles. The number of hydrogen-bond acceptors (Lipinski definition) is 8. The van der Waals surface area contributed by atoms with Gasteiger partial charge < -0.3 is 29.3 Å². The molecule has 2 aromatic carbocycles. The number of aliphatic hydroxyl groups excluding tert-OH is 1. The van der Waals surface area contributed by atoms with E-state index in [0.717, 1.165) is 11.0 Å². The summed E-state index contributed by atoms with van der Waals surface area (Å²) in [5, 5.41) is 18.1. The van der Waals surface area contributed by atoms with Crippen molar-refractivity contribution in [2.45, 2.75) is 57.0 Å². The molecule has 4 aliphatic heterocycles. The van der Waals surface area contributed by atoms with Crippen LogP contribution < -0.4 is 9.64 Å². The van der Waals surface area contributed by atoms with Crippen molar-refractivity contribution in [3.05, 3.63) is 72.8 Å². The number of para-hydroxylation sites is 1. The highest BCUT2D eigenvalue weighted by atomic mass is 16.5. The molecule has 1 spiro atoms. The number of amides is 3. The minimum Gasteiger partial charge on any atom is -0.494 e. The van der Waals surface area contributed by atoms with Crippen molar-refractivity contribution in [1.29, 1.82) is 0 Å². The highest BCUT2D eigenvalue weighted by Gasteiger charge is 2.75. The molecule has 1 N–H and O–H groups in total. The quantitative estimate of drug-likeness (QED) is 0.265. The molecule has 1 unspecified atom stereocenters. The molecule has 0 aliphatic carbocycles. The van der Waals surface area contributed by atoms with Crippen molar-refractivity contribution in [2.75, 3.05) is 37.7 Å². The van der Waals surface area contributed by atoms with Crippen LogP contribution in [0.2, 0.25) is 0 Å². The summed E-state index contributed by atoms with van der Waals surface area (Å²) in [7, 11) is 0. The minimum absolute atomic E-state index is 0.0288. The highest BCUT2D eigenvalue weighted by molar-refractivity contribution is 6.04. The van der Waals surface area contributed by atoms with Gasteiger partial charge >= 0.3 is 0 Å². The van der Waals surface area contributed by atoms with E-state index in [2.05, 4.69) is 10.3 Å². The van der Waals surface area contributed by atoms with E-state index in [9.17, 15) is 19.5 Å². The van der Waals surface area contributed by atoms with E-state index in [1.807, 2.05) is 86.7 Å². The molecule has 5 heterocycles. The van der Waals surface area contributed by atoms with E-state index in [4.69, 9.17) is 9.47 Å². The Morgan fingerprint density at radius 3 is 2.49 bits per heavy atom. The molecular formula is C35H40N6O6. The van der Waals surface area contributed by atoms with E-state index in [1.54, 1.807) is 19.4 Å². The number of unbranched alkanes of at least 4 members (excludes halogenated alkanes) is 1. The van der Waals surface area contributed by atoms with Gasteiger partial charge in [0.1, 0.15) is 29.6 Å². The van der Waals surface area contributed by atoms with Gasteiger partial charge in [-0.15, -0.1) is 5.10 Å². The van der Waals surface area contributed by atoms with E-state index >= 15 is 0 Å². The van der Waals surface area contributed by atoms with Crippen molar-refractivity contribution in [1.82, 2.24) is 24.8 Å². The molecule has 12 heteroatoms. The second kappa shape index (κ2) is 12.2. The average molecular weight is 641 g/mol. The molecule has 47 heavy (non-hydrogen) atoms. The number of nitrogens with zero attached hydrogens (tertiary/aromatic N) is 6. The van der Waals surface area contributed by atoms with Gasteiger partial charge in [0.15, 0.2) is 0 Å². The van der Waals surface area contributed by atoms with Gasteiger partial charge in [-0.05, 0) is 62.6 Å². The molecule has 0 saturated carbocycles. The number of ether oxygens (including phenoxy) is 2. The standard InChI is InChI=1S/C35H40N6O6/c1-3-34-17-9-21-39(24-13-15-25(16-14-24)46-4-2)31(43)28(34)29-32(44)40(20-7-8-22-42)30-33(45)38(19-10-18-35(29,30)47-34)23-41-27-12-6-5-11-26(27)36-37-41/h5-6,9-18,28-30,42H,3-4,7-8,19-23H2,1-2H3/t28-,29-,30?,34+,35-/m0/s1. The maximum absolute atomic E-state index is 14.7. The van der Waals surface area contributed by atoms with Crippen LogP contribution >= 0.6 is 0 Å². The van der Waals surface area contributed by atoms with Gasteiger partial charge in [-0.25, -0.2) is 4.68 Å². The number of benzene rings is 2. The first kappa shape index (κ1) is 31.1. The Kier molecular flexibility index (Phi) is 8.09. The van der Waals surface area contributed by atoms with Crippen molar-refractivity contribution in [3.8, 4) is 5.75 Å². The van der Waals surface area contributed by atoms with Crippen LogP contribution in [0.15, 0.2) is 72.8 Å². The van der Waals surface area contributed by atoms with Crippen LogP contribution in [0.3, 0.4) is 0 Å². The van der Waals surface area contributed by atoms with Crippen LogP contribution in [0, 0.1) is 11.8 Å². The Labute approximate surface area is 273 Å². The number of hydrogen-bond donors (Lipinski definition) is 1. The number of anilines is 1. The summed E-state index contributed by atoms with van der Waals surface area (Å²) < 4.78 is 14.4. The minimum atomic E-state index is -1.37. The molecule has 0 radical (unpaired) electrons. The Morgan fingerprint density at radius 1 is 0.936 bits per heavy atom. The van der Waals surface area contributed by atoms with E-state index < -0.39 is 29.1 Å². The smallest absolute Gasteiger partial charge is 0.250 e. The molecule has 12 nitrogen and oxygen atoms in total. The number of carbonyl (C=O) groups excluding carboxylic acids is 3. The number of fused-ring (bicyclic) bond motifs is 3. The van der Waals surface area contributed by atoms with Crippen LogP contribution in [0.5, 0.6) is 5.75 Å². The van der Waals surface area contributed by atoms with Crippen molar-refractivity contribution in [3.63, 3.8) is 0 Å². The van der Waals surface area contributed by atoms with E-state index in [1.165, 1.54) is 0 Å². The summed E-state index contributed by atoms with van der Waals surface area (Å²) in [6.07, 6.45) is 9.01. The summed E-state index contributed by atoms with van der Waals surface area (Å²) in [5.74, 6) is -1.86. The number of likely N-dealkylation sites (tertiary alicyclic amines) is 1. The first-order chi connectivity index (χ1) is 22.9. The molecule has 7 rings (SSSR count). The Morgan fingerprint density at radius 2 is 1.72 bits per heavy atom. The lowest BCUT2D eigenvalue weighted by Gasteiger charge is -2.38. The largest absolute Gasteiger partial charge is 0.494 e. The fourth-order valence-electron chi connectivity index (χ4n) is 7.87. The van der Waals surface area contributed by atoms with Crippen LogP contribution in [-0.4, -0.2) is 97.7 Å². The van der Waals surface area contributed by atoms with Gasteiger partial charge in [-0.1, -0.05) is 48.6 Å². The molecule has 2 fully saturated rings. The maximum atomic E-state index is 14.7. The summed E-state index contributed by atoms with van der Waals surface area (Å²) in [5.41, 5.74) is -0.256. The van der Waals surface area contributed by atoms with Crippen molar-refractivity contribution in [2.24, 2.45) is 11.8 Å². The van der Waals surface area contributed by atoms with Crippen LogP contribution in [0.25, 0.3) is 11.0 Å². The predicted molar refractivity (Wildman–Crippen MR) is 173 cm³/mol. The third-order valence-electron chi connectivity index (χ3n) is 10.0. The topological polar surface area (TPSA) is 130 Å². The molecule has 0 bridgehead atoms. The molecule has 3 aromatic rings. The summed E-state index contributed by atoms with van der Waals surface area (Å²) in [6, 6.07) is 13.9. The second-order valence-corrected chi connectivity index (χ2v) is 12.5. The molecule has 246 valence electrons. The number of aliphatic hydroxyl groups is 1. The average Bonchev–Trinajstić information content (AvgIpc) is 3.62. The molecule has 3 amide bonds. The predicted octanol–water partition coefficient (Wildman–Crippen LogP) is 2.92. The third-order valence-corrected chi connectivity index (χ3v) is 10.0. The second-order valence-electron chi connectivity index (χ2n) is 12.5. The Hall–Kier alpha value is -4.55. The highest BCUT2D eigenvalue weighted by Crippen LogP contribution is 2.58. The fourth-order valence-corrected chi connectivity index (χ4v) is 7.87. The number of carbonyl (C=O) groups is 3. The fraction of sp³-hybridized carbons (Fsp3) is 0.457. The van der Waals surface area contributed by atoms with Crippen LogP contribution in [0.1, 0.15) is 33.1 Å². The van der Waals surface area contributed by atoms with Crippen LogP contribution in [0.4, 0.5) is 5.69 Å². The van der Waals surface area contributed by atoms with Crippen molar-refractivity contribution >= 4 is 34.4 Å². The number of rotatable bonds is 10. The van der Waals surface area contributed by atoms with Crippen molar-refractivity contribution < 1.29 is 29.0 Å². The SMILES string of the molecule is CCOc1ccc(N2CC=C[C@@]3(CC)O[C@]45C=CCN(Cn6nnc7ccccc76)C(=O)C4N(CCCCO)C(=O)[C@@H]5[C@H]3C2=O)cc1. The molecule has 2 saturated heterocycles. The monoisotopic (exact) mass is 640 g/mol. The zero-order chi connectivity index (χ0) is 32.8.